The molecule has 3 fully saturated rings. The number of likely N-dealkylation sites (tertiary alicyclic amines) is 1. The molecule has 1 spiro atoms. The molecule has 0 aromatic carbocycles. The van der Waals surface area contributed by atoms with Crippen molar-refractivity contribution in [3.63, 3.8) is 0 Å². The molecule has 26 heavy (non-hydrogen) atoms. The number of urea groups is 1. The van der Waals surface area contributed by atoms with Gasteiger partial charge in [-0.05, 0) is 57.2 Å². The molecule has 8 heteroatoms. The molecule has 1 saturated carbocycles. The number of anilines is 2. The van der Waals surface area contributed by atoms with E-state index in [2.05, 4.69) is 37.6 Å². The van der Waals surface area contributed by atoms with Crippen molar-refractivity contribution in [1.29, 1.82) is 0 Å². The molecule has 1 aliphatic carbocycles. The van der Waals surface area contributed by atoms with Crippen LogP contribution in [0.2, 0.25) is 0 Å². The molecule has 7 nitrogen and oxygen atoms in total. The zero-order chi connectivity index (χ0) is 18.0. The van der Waals surface area contributed by atoms with Crippen LogP contribution >= 0.6 is 11.3 Å². The Morgan fingerprint density at radius 2 is 1.92 bits per heavy atom. The van der Waals surface area contributed by atoms with E-state index in [1.54, 1.807) is 0 Å². The fourth-order valence-corrected chi connectivity index (χ4v) is 5.40. The molecule has 4 rings (SSSR count). The number of nitrogens with one attached hydrogen (secondary N) is 2. The molecular weight excluding hydrogens is 348 g/mol. The second-order valence-electron chi connectivity index (χ2n) is 8.08. The fourth-order valence-electron chi connectivity index (χ4n) is 4.63. The number of aromatic nitrogens is 2. The summed E-state index contributed by atoms with van der Waals surface area (Å²) in [6, 6.07) is 0.166. The van der Waals surface area contributed by atoms with Crippen LogP contribution in [0.1, 0.15) is 51.9 Å². The van der Waals surface area contributed by atoms with E-state index in [4.69, 9.17) is 0 Å². The Labute approximate surface area is 159 Å². The third-order valence-electron chi connectivity index (χ3n) is 6.40. The lowest BCUT2D eigenvalue weighted by molar-refractivity contribution is 0.125. The first kappa shape index (κ1) is 18.0. The minimum Gasteiger partial charge on any atom is -0.346 e. The topological polar surface area (TPSA) is 73.4 Å². The first-order valence-corrected chi connectivity index (χ1v) is 10.9. The van der Waals surface area contributed by atoms with Crippen LogP contribution in [0.4, 0.5) is 15.1 Å². The maximum atomic E-state index is 12.1. The predicted molar refractivity (Wildman–Crippen MR) is 105 cm³/mol. The lowest BCUT2D eigenvalue weighted by atomic mass is 9.78. The summed E-state index contributed by atoms with van der Waals surface area (Å²) in [5, 5.41) is 15.9. The van der Waals surface area contributed by atoms with Crippen molar-refractivity contribution in [2.24, 2.45) is 5.41 Å². The van der Waals surface area contributed by atoms with Gasteiger partial charge in [0, 0.05) is 19.1 Å². The summed E-state index contributed by atoms with van der Waals surface area (Å²) < 4.78 is 0. The molecule has 0 atom stereocenters. The Hall–Kier alpha value is -1.41. The molecule has 1 aromatic heterocycles. The molecule has 2 saturated heterocycles. The second-order valence-corrected chi connectivity index (χ2v) is 9.03. The molecule has 2 N–H and O–H groups in total. The zero-order valence-electron chi connectivity index (χ0n) is 15.7. The largest absolute Gasteiger partial charge is 0.346 e. The van der Waals surface area contributed by atoms with Crippen LogP contribution in [0.15, 0.2) is 0 Å². The number of amides is 2. The van der Waals surface area contributed by atoms with Crippen molar-refractivity contribution >= 4 is 27.6 Å². The third-order valence-corrected chi connectivity index (χ3v) is 7.30. The molecule has 144 valence electrons. The van der Waals surface area contributed by atoms with Crippen molar-refractivity contribution in [3.8, 4) is 0 Å². The van der Waals surface area contributed by atoms with Gasteiger partial charge in [-0.3, -0.25) is 5.32 Å². The number of nitrogens with zero attached hydrogens (tertiary/aromatic N) is 4. The molecule has 1 aromatic rings. The maximum Gasteiger partial charge on any atom is 0.321 e. The summed E-state index contributed by atoms with van der Waals surface area (Å²) in [5.41, 5.74) is 0.449. The van der Waals surface area contributed by atoms with Crippen LogP contribution in [-0.2, 0) is 0 Å². The number of hydrogen-bond acceptors (Lipinski definition) is 6. The van der Waals surface area contributed by atoms with Crippen molar-refractivity contribution in [3.05, 3.63) is 0 Å². The van der Waals surface area contributed by atoms with Gasteiger partial charge in [0.2, 0.25) is 10.3 Å². The summed E-state index contributed by atoms with van der Waals surface area (Å²) in [6.07, 6.45) is 8.40. The molecule has 3 heterocycles. The van der Waals surface area contributed by atoms with E-state index in [-0.39, 0.29) is 6.03 Å². The molecule has 2 amide bonds. The van der Waals surface area contributed by atoms with Crippen molar-refractivity contribution < 1.29 is 4.79 Å². The van der Waals surface area contributed by atoms with Gasteiger partial charge in [-0.15, -0.1) is 10.2 Å². The number of rotatable bonds is 4. The molecule has 0 bridgehead atoms. The van der Waals surface area contributed by atoms with Gasteiger partial charge in [0.1, 0.15) is 0 Å². The summed E-state index contributed by atoms with van der Waals surface area (Å²) in [6.45, 7) is 7.97. The molecular formula is C18H30N6OS. The highest BCUT2D eigenvalue weighted by molar-refractivity contribution is 7.19. The lowest BCUT2D eigenvalue weighted by Crippen LogP contribution is -2.41. The van der Waals surface area contributed by atoms with E-state index in [0.717, 1.165) is 37.6 Å². The highest BCUT2D eigenvalue weighted by Gasteiger charge is 2.41. The van der Waals surface area contributed by atoms with Gasteiger partial charge in [-0.25, -0.2) is 4.79 Å². The van der Waals surface area contributed by atoms with Gasteiger partial charge >= 0.3 is 6.03 Å². The average Bonchev–Trinajstić information content (AvgIpc) is 3.38. The minimum absolute atomic E-state index is 0.149. The van der Waals surface area contributed by atoms with E-state index in [9.17, 15) is 4.79 Å². The number of piperidine rings is 1. The quantitative estimate of drug-likeness (QED) is 0.843. The van der Waals surface area contributed by atoms with Gasteiger partial charge in [0.15, 0.2) is 0 Å². The van der Waals surface area contributed by atoms with E-state index >= 15 is 0 Å². The number of carbonyl (C=O) groups excluding carboxylic acids is 1. The maximum absolute atomic E-state index is 12.1. The number of hydrogen-bond donors (Lipinski definition) is 2. The monoisotopic (exact) mass is 378 g/mol. The van der Waals surface area contributed by atoms with Crippen LogP contribution in [0.25, 0.3) is 0 Å². The number of carbonyl (C=O) groups is 1. The van der Waals surface area contributed by atoms with Crippen LogP contribution < -0.4 is 15.5 Å². The van der Waals surface area contributed by atoms with Gasteiger partial charge in [0.05, 0.1) is 0 Å². The smallest absolute Gasteiger partial charge is 0.321 e. The Balaban J connectivity index is 1.30. The van der Waals surface area contributed by atoms with E-state index in [0.29, 0.717) is 16.6 Å². The SMILES string of the molecule is CCN1CCC2(CC1)CCN(c1nnc(NC(=O)NC3CCCC3)s1)C2. The Kier molecular flexibility index (Phi) is 5.31. The summed E-state index contributed by atoms with van der Waals surface area (Å²) in [4.78, 5) is 17.0. The summed E-state index contributed by atoms with van der Waals surface area (Å²) in [5.74, 6) is 0. The predicted octanol–water partition coefficient (Wildman–Crippen LogP) is 2.91. The van der Waals surface area contributed by atoms with Gasteiger partial charge in [-0.2, -0.15) is 0 Å². The van der Waals surface area contributed by atoms with Crippen LogP contribution in [0, 0.1) is 5.41 Å². The van der Waals surface area contributed by atoms with Gasteiger partial charge < -0.3 is 15.1 Å². The standard InChI is InChI=1S/C18H30N6OS/c1-2-23-10-7-18(8-11-23)9-12-24(13-18)17-22-21-16(26-17)20-15(25)19-14-5-3-4-6-14/h14H,2-13H2,1H3,(H2,19,20,21,25). The van der Waals surface area contributed by atoms with Crippen LogP contribution in [0.5, 0.6) is 0 Å². The van der Waals surface area contributed by atoms with Crippen LogP contribution in [0.3, 0.4) is 0 Å². The molecule has 2 aliphatic heterocycles. The van der Waals surface area contributed by atoms with E-state index < -0.39 is 0 Å². The highest BCUT2D eigenvalue weighted by atomic mass is 32.1. The normalized spacial score (nSPS) is 23.7. The van der Waals surface area contributed by atoms with Crippen molar-refractivity contribution in [2.75, 3.05) is 42.9 Å². The van der Waals surface area contributed by atoms with Gasteiger partial charge in [0.25, 0.3) is 0 Å². The first-order valence-electron chi connectivity index (χ1n) is 10.0. The van der Waals surface area contributed by atoms with Crippen molar-refractivity contribution in [2.45, 2.75) is 57.9 Å². The highest BCUT2D eigenvalue weighted by Crippen LogP contribution is 2.42. The van der Waals surface area contributed by atoms with E-state index in [1.165, 1.54) is 56.5 Å². The fraction of sp³-hybridized carbons (Fsp3) is 0.833. The molecule has 3 aliphatic rings. The Morgan fingerprint density at radius 3 is 2.65 bits per heavy atom. The first-order chi connectivity index (χ1) is 12.7. The van der Waals surface area contributed by atoms with Crippen LogP contribution in [-0.4, -0.2) is 59.9 Å². The second kappa shape index (κ2) is 7.68. The zero-order valence-corrected chi connectivity index (χ0v) is 16.5. The van der Waals surface area contributed by atoms with Crippen molar-refractivity contribution in [1.82, 2.24) is 20.4 Å². The Morgan fingerprint density at radius 1 is 1.19 bits per heavy atom. The molecule has 0 unspecified atom stereocenters. The van der Waals surface area contributed by atoms with E-state index in [1.807, 2.05) is 0 Å². The van der Waals surface area contributed by atoms with Gasteiger partial charge in [-0.1, -0.05) is 31.1 Å². The minimum atomic E-state index is -0.149. The lowest BCUT2D eigenvalue weighted by Gasteiger charge is -2.38. The Bertz CT molecular complexity index is 621. The third kappa shape index (κ3) is 3.96. The average molecular weight is 379 g/mol. The summed E-state index contributed by atoms with van der Waals surface area (Å²) in [7, 11) is 0. The summed E-state index contributed by atoms with van der Waals surface area (Å²) >= 11 is 1.49. The molecule has 0 radical (unpaired) electrons.